The predicted octanol–water partition coefficient (Wildman–Crippen LogP) is 3.89. The predicted molar refractivity (Wildman–Crippen MR) is 99.7 cm³/mol. The minimum absolute atomic E-state index is 0.101. The quantitative estimate of drug-likeness (QED) is 0.696. The number of aromatic nitrogens is 1. The molecule has 130 valence electrons. The van der Waals surface area contributed by atoms with E-state index in [1.54, 1.807) is 49.6 Å². The molecular formula is C19H20N2O3S. The lowest BCUT2D eigenvalue weighted by molar-refractivity contribution is 0.0784. The fourth-order valence-corrected chi connectivity index (χ4v) is 3.71. The SMILES string of the molecule is COc1cc(C(=O)N(C)Cc2nc3ccccc3s2)cc(OC)c1C. The summed E-state index contributed by atoms with van der Waals surface area (Å²) in [6.45, 7) is 2.35. The van der Waals surface area contributed by atoms with Gasteiger partial charge >= 0.3 is 0 Å². The molecule has 6 heteroatoms. The zero-order valence-corrected chi connectivity index (χ0v) is 15.5. The summed E-state index contributed by atoms with van der Waals surface area (Å²) in [5, 5.41) is 0.906. The Morgan fingerprint density at radius 1 is 1.16 bits per heavy atom. The van der Waals surface area contributed by atoms with Gasteiger partial charge in [0.15, 0.2) is 0 Å². The third-order valence-electron chi connectivity index (χ3n) is 4.06. The number of amides is 1. The molecule has 0 aliphatic carbocycles. The Hall–Kier alpha value is -2.60. The molecule has 1 amide bonds. The first kappa shape index (κ1) is 17.2. The number of ether oxygens (including phenoxy) is 2. The first-order valence-electron chi connectivity index (χ1n) is 7.86. The van der Waals surface area contributed by atoms with Gasteiger partial charge in [-0.15, -0.1) is 11.3 Å². The monoisotopic (exact) mass is 356 g/mol. The summed E-state index contributed by atoms with van der Waals surface area (Å²) in [5.41, 5.74) is 2.36. The highest BCUT2D eigenvalue weighted by atomic mass is 32.1. The molecule has 0 spiro atoms. The van der Waals surface area contributed by atoms with E-state index in [4.69, 9.17) is 9.47 Å². The van der Waals surface area contributed by atoms with E-state index in [1.807, 2.05) is 31.2 Å². The van der Waals surface area contributed by atoms with Gasteiger partial charge in [0.1, 0.15) is 16.5 Å². The summed E-state index contributed by atoms with van der Waals surface area (Å²) in [4.78, 5) is 19.0. The van der Waals surface area contributed by atoms with Gasteiger partial charge in [0, 0.05) is 18.2 Å². The van der Waals surface area contributed by atoms with Crippen molar-refractivity contribution in [3.63, 3.8) is 0 Å². The van der Waals surface area contributed by atoms with E-state index in [1.165, 1.54) is 0 Å². The number of carbonyl (C=O) groups excluding carboxylic acids is 1. The molecule has 3 rings (SSSR count). The molecule has 0 fully saturated rings. The number of nitrogens with zero attached hydrogens (tertiary/aromatic N) is 2. The Morgan fingerprint density at radius 2 is 1.80 bits per heavy atom. The Morgan fingerprint density at radius 3 is 2.40 bits per heavy atom. The van der Waals surface area contributed by atoms with Crippen LogP contribution in [0.25, 0.3) is 10.2 Å². The van der Waals surface area contributed by atoms with Gasteiger partial charge in [0.05, 0.1) is 31.0 Å². The summed E-state index contributed by atoms with van der Waals surface area (Å²) in [6, 6.07) is 11.5. The van der Waals surface area contributed by atoms with Crippen LogP contribution in [0.2, 0.25) is 0 Å². The highest BCUT2D eigenvalue weighted by Gasteiger charge is 2.18. The van der Waals surface area contributed by atoms with Gasteiger partial charge < -0.3 is 14.4 Å². The second-order valence-corrected chi connectivity index (χ2v) is 6.86. The van der Waals surface area contributed by atoms with Gasteiger partial charge in [0.25, 0.3) is 5.91 Å². The van der Waals surface area contributed by atoms with Gasteiger partial charge in [0.2, 0.25) is 0 Å². The van der Waals surface area contributed by atoms with E-state index >= 15 is 0 Å². The summed E-state index contributed by atoms with van der Waals surface area (Å²) in [7, 11) is 4.94. The molecule has 3 aromatic rings. The van der Waals surface area contributed by atoms with Gasteiger partial charge in [-0.1, -0.05) is 12.1 Å². The minimum Gasteiger partial charge on any atom is -0.496 e. The van der Waals surface area contributed by atoms with Crippen molar-refractivity contribution in [2.75, 3.05) is 21.3 Å². The first-order valence-corrected chi connectivity index (χ1v) is 8.67. The molecule has 0 saturated heterocycles. The number of methoxy groups -OCH3 is 2. The van der Waals surface area contributed by atoms with E-state index in [9.17, 15) is 4.79 Å². The lowest BCUT2D eigenvalue weighted by Gasteiger charge is -2.18. The molecule has 0 unspecified atom stereocenters. The highest BCUT2D eigenvalue weighted by molar-refractivity contribution is 7.18. The van der Waals surface area contributed by atoms with Crippen LogP contribution >= 0.6 is 11.3 Å². The lowest BCUT2D eigenvalue weighted by Crippen LogP contribution is -2.26. The Bertz CT molecular complexity index is 862. The fraction of sp³-hybridized carbons (Fsp3) is 0.263. The van der Waals surface area contributed by atoms with Crippen LogP contribution in [0.15, 0.2) is 36.4 Å². The van der Waals surface area contributed by atoms with Crippen LogP contribution in [0.3, 0.4) is 0 Å². The number of thiazole rings is 1. The maximum absolute atomic E-state index is 12.8. The second-order valence-electron chi connectivity index (χ2n) is 5.74. The van der Waals surface area contributed by atoms with Crippen molar-refractivity contribution in [1.29, 1.82) is 0 Å². The molecule has 0 N–H and O–H groups in total. The molecule has 1 aromatic heterocycles. The van der Waals surface area contributed by atoms with Crippen LogP contribution in [0.5, 0.6) is 11.5 Å². The third-order valence-corrected chi connectivity index (χ3v) is 5.08. The summed E-state index contributed by atoms with van der Waals surface area (Å²) >= 11 is 1.60. The number of hydrogen-bond acceptors (Lipinski definition) is 5. The molecule has 2 aromatic carbocycles. The number of rotatable bonds is 5. The van der Waals surface area contributed by atoms with Crippen molar-refractivity contribution in [3.05, 3.63) is 52.5 Å². The molecule has 0 aliphatic rings. The molecule has 0 aliphatic heterocycles. The Kier molecular flexibility index (Phi) is 4.90. The molecule has 0 bridgehead atoms. The normalized spacial score (nSPS) is 10.7. The van der Waals surface area contributed by atoms with Gasteiger partial charge in [-0.3, -0.25) is 4.79 Å². The van der Waals surface area contributed by atoms with Crippen molar-refractivity contribution in [2.45, 2.75) is 13.5 Å². The number of carbonyl (C=O) groups is 1. The zero-order valence-electron chi connectivity index (χ0n) is 14.7. The van der Waals surface area contributed by atoms with Crippen LogP contribution in [0.1, 0.15) is 20.9 Å². The molecule has 1 heterocycles. The van der Waals surface area contributed by atoms with E-state index in [0.29, 0.717) is 23.6 Å². The van der Waals surface area contributed by atoms with Crippen molar-refractivity contribution >= 4 is 27.5 Å². The lowest BCUT2D eigenvalue weighted by atomic mass is 10.1. The third kappa shape index (κ3) is 3.44. The van der Waals surface area contributed by atoms with E-state index < -0.39 is 0 Å². The summed E-state index contributed by atoms with van der Waals surface area (Å²) in [6.07, 6.45) is 0. The van der Waals surface area contributed by atoms with Crippen LogP contribution in [0.4, 0.5) is 0 Å². The second kappa shape index (κ2) is 7.11. The van der Waals surface area contributed by atoms with Gasteiger partial charge in [-0.2, -0.15) is 0 Å². The maximum atomic E-state index is 12.8. The number of fused-ring (bicyclic) bond motifs is 1. The minimum atomic E-state index is -0.101. The van der Waals surface area contributed by atoms with Crippen molar-refractivity contribution < 1.29 is 14.3 Å². The van der Waals surface area contributed by atoms with Gasteiger partial charge in [-0.25, -0.2) is 4.98 Å². The molecule has 25 heavy (non-hydrogen) atoms. The fourth-order valence-electron chi connectivity index (χ4n) is 2.69. The number of hydrogen-bond donors (Lipinski definition) is 0. The maximum Gasteiger partial charge on any atom is 0.254 e. The smallest absolute Gasteiger partial charge is 0.254 e. The standard InChI is InChI=1S/C19H20N2O3S/c1-12-15(23-3)9-13(10-16(12)24-4)19(22)21(2)11-18-20-14-7-5-6-8-17(14)25-18/h5-10H,11H2,1-4H3. The van der Waals surface area contributed by atoms with Crippen molar-refractivity contribution in [3.8, 4) is 11.5 Å². The number of benzene rings is 2. The summed E-state index contributed by atoms with van der Waals surface area (Å²) in [5.74, 6) is 1.17. The van der Waals surface area contributed by atoms with Crippen molar-refractivity contribution in [2.24, 2.45) is 0 Å². The van der Waals surface area contributed by atoms with Crippen molar-refractivity contribution in [1.82, 2.24) is 9.88 Å². The van der Waals surface area contributed by atoms with E-state index in [-0.39, 0.29) is 5.91 Å². The van der Waals surface area contributed by atoms with Crippen LogP contribution < -0.4 is 9.47 Å². The molecule has 0 radical (unpaired) electrons. The van der Waals surface area contributed by atoms with Crippen LogP contribution in [-0.2, 0) is 6.54 Å². The molecule has 5 nitrogen and oxygen atoms in total. The molecule has 0 saturated carbocycles. The average Bonchev–Trinajstić information content (AvgIpc) is 3.03. The topological polar surface area (TPSA) is 51.7 Å². The molecular weight excluding hydrogens is 336 g/mol. The summed E-state index contributed by atoms with van der Waals surface area (Å²) < 4.78 is 11.8. The Labute approximate surface area is 150 Å². The average molecular weight is 356 g/mol. The zero-order chi connectivity index (χ0) is 18.0. The highest BCUT2D eigenvalue weighted by Crippen LogP contribution is 2.30. The van der Waals surface area contributed by atoms with Gasteiger partial charge in [-0.05, 0) is 31.2 Å². The van der Waals surface area contributed by atoms with E-state index in [0.717, 1.165) is 20.8 Å². The van der Waals surface area contributed by atoms with Crippen LogP contribution in [-0.4, -0.2) is 37.1 Å². The largest absolute Gasteiger partial charge is 0.496 e. The molecule has 0 atom stereocenters. The number of para-hydroxylation sites is 1. The first-order chi connectivity index (χ1) is 12.0. The van der Waals surface area contributed by atoms with E-state index in [2.05, 4.69) is 4.98 Å². The van der Waals surface area contributed by atoms with Crippen LogP contribution in [0, 0.1) is 6.92 Å². The Balaban J connectivity index is 1.84.